The fourth-order valence-electron chi connectivity index (χ4n) is 2.16. The first-order valence-corrected chi connectivity index (χ1v) is 7.64. The maximum atomic E-state index is 5.14. The number of rotatable bonds is 9. The highest BCUT2D eigenvalue weighted by Gasteiger charge is 2.11. The molecule has 1 atom stereocenters. The molecule has 0 saturated heterocycles. The number of hydrogen-bond donors (Lipinski definition) is 1. The van der Waals surface area contributed by atoms with Crippen molar-refractivity contribution in [3.63, 3.8) is 0 Å². The number of nitrogens with zero attached hydrogens (tertiary/aromatic N) is 1. The Labute approximate surface area is 125 Å². The van der Waals surface area contributed by atoms with E-state index in [1.54, 1.807) is 7.11 Å². The largest absolute Gasteiger partial charge is 0.383 e. The maximum absolute atomic E-state index is 5.14. The summed E-state index contributed by atoms with van der Waals surface area (Å²) in [7, 11) is 3.78. The van der Waals surface area contributed by atoms with Gasteiger partial charge in [-0.05, 0) is 37.7 Å². The molecular weight excluding hydrogens is 304 g/mol. The Hall–Kier alpha value is -0.420. The minimum absolute atomic E-state index is 0.397. The Morgan fingerprint density at radius 3 is 2.74 bits per heavy atom. The van der Waals surface area contributed by atoms with Gasteiger partial charge < -0.3 is 15.0 Å². The molecule has 0 aliphatic carbocycles. The molecule has 108 valence electrons. The van der Waals surface area contributed by atoms with Crippen LogP contribution in [0.3, 0.4) is 0 Å². The Bertz CT molecular complexity index is 360. The average molecular weight is 329 g/mol. The molecule has 0 aliphatic rings. The molecule has 0 aromatic heterocycles. The van der Waals surface area contributed by atoms with Crippen LogP contribution in [-0.4, -0.2) is 45.3 Å². The third-order valence-electron chi connectivity index (χ3n) is 3.39. The summed E-state index contributed by atoms with van der Waals surface area (Å²) in [6.07, 6.45) is 1.10. The molecule has 1 aromatic carbocycles. The molecule has 0 amide bonds. The van der Waals surface area contributed by atoms with Crippen LogP contribution in [0.4, 0.5) is 0 Å². The topological polar surface area (TPSA) is 24.5 Å². The Morgan fingerprint density at radius 1 is 1.37 bits per heavy atom. The van der Waals surface area contributed by atoms with Crippen molar-refractivity contribution in [2.24, 2.45) is 0 Å². The van der Waals surface area contributed by atoms with Gasteiger partial charge in [0.2, 0.25) is 0 Å². The molecule has 0 radical (unpaired) electrons. The Kier molecular flexibility index (Phi) is 8.30. The standard InChI is InChI=1S/C15H25BrN2O/c1-4-18(10-11-19-3)9-8-15(17-2)13-6-5-7-14(16)12-13/h5-7,12,15,17H,4,8-11H2,1-3H3. The zero-order valence-electron chi connectivity index (χ0n) is 12.2. The number of likely N-dealkylation sites (N-methyl/N-ethyl adjacent to an activating group) is 1. The molecule has 4 heteroatoms. The molecule has 19 heavy (non-hydrogen) atoms. The summed E-state index contributed by atoms with van der Waals surface area (Å²) in [5.41, 5.74) is 1.33. The molecule has 3 nitrogen and oxygen atoms in total. The highest BCUT2D eigenvalue weighted by atomic mass is 79.9. The molecule has 0 fully saturated rings. The lowest BCUT2D eigenvalue weighted by Crippen LogP contribution is -2.31. The number of benzene rings is 1. The highest BCUT2D eigenvalue weighted by molar-refractivity contribution is 9.10. The number of halogens is 1. The van der Waals surface area contributed by atoms with Crippen LogP contribution in [0, 0.1) is 0 Å². The van der Waals surface area contributed by atoms with Crippen LogP contribution in [0.2, 0.25) is 0 Å². The molecule has 0 bridgehead atoms. The second-order valence-corrected chi connectivity index (χ2v) is 5.53. The quantitative estimate of drug-likeness (QED) is 0.754. The van der Waals surface area contributed by atoms with Gasteiger partial charge in [-0.2, -0.15) is 0 Å². The van der Waals surface area contributed by atoms with Gasteiger partial charge in [-0.15, -0.1) is 0 Å². The van der Waals surface area contributed by atoms with Gasteiger partial charge in [0.25, 0.3) is 0 Å². The second kappa shape index (κ2) is 9.48. The first-order valence-electron chi connectivity index (χ1n) is 6.85. The SMILES string of the molecule is CCN(CCOC)CCC(NC)c1cccc(Br)c1. The van der Waals surface area contributed by atoms with Crippen molar-refractivity contribution in [1.29, 1.82) is 0 Å². The predicted molar refractivity (Wildman–Crippen MR) is 84.5 cm³/mol. The molecule has 1 unspecified atom stereocenters. The molecule has 0 spiro atoms. The van der Waals surface area contributed by atoms with Gasteiger partial charge in [-0.1, -0.05) is 35.0 Å². The number of hydrogen-bond acceptors (Lipinski definition) is 3. The van der Waals surface area contributed by atoms with Gasteiger partial charge in [0.1, 0.15) is 0 Å². The highest BCUT2D eigenvalue weighted by Crippen LogP contribution is 2.20. The minimum Gasteiger partial charge on any atom is -0.383 e. The minimum atomic E-state index is 0.397. The summed E-state index contributed by atoms with van der Waals surface area (Å²) in [5.74, 6) is 0. The van der Waals surface area contributed by atoms with Crippen molar-refractivity contribution >= 4 is 15.9 Å². The molecular formula is C15H25BrN2O. The summed E-state index contributed by atoms with van der Waals surface area (Å²) in [5, 5.41) is 3.40. The van der Waals surface area contributed by atoms with Crippen molar-refractivity contribution in [3.8, 4) is 0 Å². The van der Waals surface area contributed by atoms with Crippen molar-refractivity contribution in [2.45, 2.75) is 19.4 Å². The lowest BCUT2D eigenvalue weighted by atomic mass is 10.0. The van der Waals surface area contributed by atoms with Crippen molar-refractivity contribution in [2.75, 3.05) is 40.4 Å². The zero-order valence-corrected chi connectivity index (χ0v) is 13.7. The Morgan fingerprint density at radius 2 is 2.16 bits per heavy atom. The van der Waals surface area contributed by atoms with Gasteiger partial charge >= 0.3 is 0 Å². The molecule has 0 aliphatic heterocycles. The van der Waals surface area contributed by atoms with E-state index in [2.05, 4.69) is 57.3 Å². The third-order valence-corrected chi connectivity index (χ3v) is 3.89. The lowest BCUT2D eigenvalue weighted by Gasteiger charge is -2.24. The number of ether oxygens (including phenoxy) is 1. The van der Waals surface area contributed by atoms with E-state index in [4.69, 9.17) is 4.74 Å². The van der Waals surface area contributed by atoms with Gasteiger partial charge in [0.15, 0.2) is 0 Å². The van der Waals surface area contributed by atoms with Crippen LogP contribution in [0.1, 0.15) is 24.9 Å². The van der Waals surface area contributed by atoms with E-state index in [-0.39, 0.29) is 0 Å². The van der Waals surface area contributed by atoms with E-state index in [0.717, 1.165) is 37.1 Å². The Balaban J connectivity index is 2.52. The normalized spacial score (nSPS) is 12.9. The van der Waals surface area contributed by atoms with E-state index in [1.165, 1.54) is 5.56 Å². The fourth-order valence-corrected chi connectivity index (χ4v) is 2.58. The molecule has 1 N–H and O–H groups in total. The molecule has 0 saturated carbocycles. The summed E-state index contributed by atoms with van der Waals surface area (Å²) < 4.78 is 6.28. The summed E-state index contributed by atoms with van der Waals surface area (Å²) >= 11 is 3.53. The van der Waals surface area contributed by atoms with Crippen molar-refractivity contribution in [3.05, 3.63) is 34.3 Å². The molecule has 1 rings (SSSR count). The van der Waals surface area contributed by atoms with Gasteiger partial charge in [-0.25, -0.2) is 0 Å². The smallest absolute Gasteiger partial charge is 0.0589 e. The van der Waals surface area contributed by atoms with Crippen LogP contribution >= 0.6 is 15.9 Å². The van der Waals surface area contributed by atoms with E-state index in [1.807, 2.05) is 7.05 Å². The lowest BCUT2D eigenvalue weighted by molar-refractivity contribution is 0.148. The second-order valence-electron chi connectivity index (χ2n) is 4.61. The first-order chi connectivity index (χ1) is 9.21. The van der Waals surface area contributed by atoms with Crippen molar-refractivity contribution < 1.29 is 4.74 Å². The van der Waals surface area contributed by atoms with E-state index in [0.29, 0.717) is 6.04 Å². The fraction of sp³-hybridized carbons (Fsp3) is 0.600. The monoisotopic (exact) mass is 328 g/mol. The summed E-state index contributed by atoms with van der Waals surface area (Å²) in [6, 6.07) is 8.91. The number of nitrogens with one attached hydrogen (secondary N) is 1. The third kappa shape index (κ3) is 6.04. The van der Waals surface area contributed by atoms with Crippen LogP contribution in [-0.2, 0) is 4.74 Å². The van der Waals surface area contributed by atoms with Crippen LogP contribution in [0.15, 0.2) is 28.7 Å². The van der Waals surface area contributed by atoms with E-state index < -0.39 is 0 Å². The number of methoxy groups -OCH3 is 1. The average Bonchev–Trinajstić information content (AvgIpc) is 2.43. The maximum Gasteiger partial charge on any atom is 0.0589 e. The van der Waals surface area contributed by atoms with Gasteiger partial charge in [0, 0.05) is 30.7 Å². The van der Waals surface area contributed by atoms with Gasteiger partial charge in [0.05, 0.1) is 6.61 Å². The van der Waals surface area contributed by atoms with Gasteiger partial charge in [-0.3, -0.25) is 0 Å². The van der Waals surface area contributed by atoms with Crippen molar-refractivity contribution in [1.82, 2.24) is 10.2 Å². The van der Waals surface area contributed by atoms with Crippen LogP contribution in [0.25, 0.3) is 0 Å². The predicted octanol–water partition coefficient (Wildman–Crippen LogP) is 3.07. The zero-order chi connectivity index (χ0) is 14.1. The van der Waals surface area contributed by atoms with E-state index in [9.17, 15) is 0 Å². The van der Waals surface area contributed by atoms with Crippen LogP contribution in [0.5, 0.6) is 0 Å². The van der Waals surface area contributed by atoms with Crippen LogP contribution < -0.4 is 5.32 Å². The van der Waals surface area contributed by atoms with E-state index >= 15 is 0 Å². The summed E-state index contributed by atoms with van der Waals surface area (Å²) in [6.45, 7) is 6.15. The first kappa shape index (κ1) is 16.6. The molecule has 0 heterocycles. The molecule has 1 aromatic rings. The summed E-state index contributed by atoms with van der Waals surface area (Å²) in [4.78, 5) is 2.42.